The number of carboxylic acids is 2. The van der Waals surface area contributed by atoms with Gasteiger partial charge in [0.05, 0.1) is 0 Å². The van der Waals surface area contributed by atoms with Gasteiger partial charge in [-0.1, -0.05) is 5.92 Å². The van der Waals surface area contributed by atoms with Crippen LogP contribution in [0.25, 0.3) is 0 Å². The van der Waals surface area contributed by atoms with Crippen molar-refractivity contribution in [1.82, 2.24) is 9.88 Å². The third-order valence-electron chi connectivity index (χ3n) is 3.80. The van der Waals surface area contributed by atoms with Crippen molar-refractivity contribution in [1.29, 1.82) is 0 Å². The van der Waals surface area contributed by atoms with Gasteiger partial charge in [-0.15, -0.1) is 6.42 Å². The molecule has 0 radical (unpaired) electrons. The Hall–Kier alpha value is -2.69. The summed E-state index contributed by atoms with van der Waals surface area (Å²) in [5, 5.41) is 25.2. The van der Waals surface area contributed by atoms with Crippen LogP contribution in [0.1, 0.15) is 30.0 Å². The van der Waals surface area contributed by atoms with E-state index in [0.29, 0.717) is 24.6 Å². The predicted molar refractivity (Wildman–Crippen MR) is 91.8 cm³/mol. The topological polar surface area (TPSA) is 111 Å². The van der Waals surface area contributed by atoms with Crippen LogP contribution < -0.4 is 0 Å². The van der Waals surface area contributed by atoms with Crippen LogP contribution in [-0.2, 0) is 16.0 Å². The highest BCUT2D eigenvalue weighted by Crippen LogP contribution is 2.32. The second kappa shape index (κ2) is 10.2. The number of aliphatic carboxylic acids is 2. The van der Waals surface area contributed by atoms with Crippen LogP contribution >= 0.6 is 0 Å². The van der Waals surface area contributed by atoms with Crippen molar-refractivity contribution in [3.05, 3.63) is 41.7 Å². The van der Waals surface area contributed by atoms with Gasteiger partial charge in [-0.3, -0.25) is 9.88 Å². The Morgan fingerprint density at radius 1 is 1.44 bits per heavy atom. The van der Waals surface area contributed by atoms with Crippen molar-refractivity contribution in [2.45, 2.75) is 31.4 Å². The number of carbonyl (C=O) groups is 2. The highest BCUT2D eigenvalue weighted by Gasteiger charge is 2.25. The Labute approximate surface area is 146 Å². The van der Waals surface area contributed by atoms with Gasteiger partial charge in [0.25, 0.3) is 0 Å². The number of hydrogen-bond acceptors (Lipinski definition) is 5. The highest BCUT2D eigenvalue weighted by atomic mass is 16.4. The number of rotatable bonds is 5. The van der Waals surface area contributed by atoms with E-state index in [-0.39, 0.29) is 0 Å². The summed E-state index contributed by atoms with van der Waals surface area (Å²) >= 11 is 0. The van der Waals surface area contributed by atoms with Crippen molar-refractivity contribution in [3.63, 3.8) is 0 Å². The Morgan fingerprint density at radius 2 is 2.08 bits per heavy atom. The number of aliphatic hydroxyl groups excluding tert-OH is 1. The molecule has 2 heterocycles. The number of pyridine rings is 1. The highest BCUT2D eigenvalue weighted by molar-refractivity contribution is 5.89. The lowest BCUT2D eigenvalue weighted by atomic mass is 9.97. The van der Waals surface area contributed by atoms with E-state index in [2.05, 4.69) is 22.9 Å². The van der Waals surface area contributed by atoms with Gasteiger partial charge in [0, 0.05) is 37.0 Å². The van der Waals surface area contributed by atoms with Crippen LogP contribution in [0.15, 0.2) is 30.6 Å². The lowest BCUT2D eigenvalue weighted by Gasteiger charge is -2.22. The average molecular weight is 346 g/mol. The smallest absolute Gasteiger partial charge is 0.328 e. The maximum absolute atomic E-state index is 9.57. The number of aliphatic hydroxyl groups is 1. The van der Waals surface area contributed by atoms with E-state index in [1.807, 2.05) is 12.3 Å². The summed E-state index contributed by atoms with van der Waals surface area (Å²) in [4.78, 5) is 25.6. The second-order valence-electron chi connectivity index (χ2n) is 5.61. The molecule has 134 valence electrons. The monoisotopic (exact) mass is 346 g/mol. The molecule has 7 nitrogen and oxygen atoms in total. The summed E-state index contributed by atoms with van der Waals surface area (Å²) in [5.41, 5.74) is 2.33. The van der Waals surface area contributed by atoms with E-state index >= 15 is 0 Å². The summed E-state index contributed by atoms with van der Waals surface area (Å²) in [7, 11) is 2.13. The van der Waals surface area contributed by atoms with Crippen molar-refractivity contribution >= 4 is 11.9 Å². The van der Waals surface area contributed by atoms with Crippen LogP contribution in [0, 0.1) is 12.3 Å². The molecule has 2 unspecified atom stereocenters. The van der Waals surface area contributed by atoms with Gasteiger partial charge in [0.2, 0.25) is 0 Å². The van der Waals surface area contributed by atoms with Crippen LogP contribution in [0.4, 0.5) is 0 Å². The maximum Gasteiger partial charge on any atom is 0.328 e. The summed E-state index contributed by atoms with van der Waals surface area (Å²) in [6, 6.07) is 2.38. The molecule has 25 heavy (non-hydrogen) atoms. The molecular weight excluding hydrogens is 324 g/mol. The maximum atomic E-state index is 9.57. The fourth-order valence-corrected chi connectivity index (χ4v) is 2.63. The van der Waals surface area contributed by atoms with Gasteiger partial charge in [-0.05, 0) is 43.6 Å². The number of nitrogens with zero attached hydrogens (tertiary/aromatic N) is 2. The third-order valence-corrected chi connectivity index (χ3v) is 3.80. The molecule has 1 saturated heterocycles. The SMILES string of the molecule is C#CC(O)Cc1ccncc1C1CCCN1C.O=C(O)/C=C/C(=O)O. The van der Waals surface area contributed by atoms with Crippen LogP contribution in [0.2, 0.25) is 0 Å². The number of aromatic nitrogens is 1. The Balaban J connectivity index is 0.000000333. The van der Waals surface area contributed by atoms with E-state index in [4.69, 9.17) is 16.6 Å². The molecule has 1 aromatic heterocycles. The molecular formula is C18H22N2O5. The minimum atomic E-state index is -1.26. The van der Waals surface area contributed by atoms with Gasteiger partial charge in [0.1, 0.15) is 6.10 Å². The molecule has 2 rings (SSSR count). The first-order valence-corrected chi connectivity index (χ1v) is 7.76. The molecule has 1 aromatic rings. The van der Waals surface area contributed by atoms with E-state index in [0.717, 1.165) is 18.5 Å². The van der Waals surface area contributed by atoms with E-state index in [9.17, 15) is 14.7 Å². The first-order chi connectivity index (χ1) is 11.8. The van der Waals surface area contributed by atoms with E-state index in [1.54, 1.807) is 6.20 Å². The minimum absolute atomic E-state index is 0.420. The normalized spacial score (nSPS) is 18.2. The van der Waals surface area contributed by atoms with Gasteiger partial charge >= 0.3 is 11.9 Å². The first-order valence-electron chi connectivity index (χ1n) is 7.76. The zero-order valence-electron chi connectivity index (χ0n) is 14.0. The quantitative estimate of drug-likeness (QED) is 0.541. The molecule has 7 heteroatoms. The predicted octanol–water partition coefficient (Wildman–Crippen LogP) is 1.10. The van der Waals surface area contributed by atoms with Crippen molar-refractivity contribution in [3.8, 4) is 12.3 Å². The standard InChI is InChI=1S/C14H18N2O.C4H4O4/c1-3-12(17)9-11-6-7-15-10-13(11)14-5-4-8-16(14)2;5-3(6)1-2-4(7)8/h1,6-7,10,12,14,17H,4-5,8-9H2,2H3;1-2H,(H,5,6)(H,7,8)/b;2-1+. The number of likely N-dealkylation sites (tertiary alicyclic amines) is 1. The molecule has 0 bridgehead atoms. The van der Waals surface area contributed by atoms with Gasteiger partial charge < -0.3 is 15.3 Å². The summed E-state index contributed by atoms with van der Waals surface area (Å²) in [5.74, 6) is -0.150. The number of terminal acetylenes is 1. The third kappa shape index (κ3) is 7.16. The zero-order chi connectivity index (χ0) is 18.8. The molecule has 0 amide bonds. The fraction of sp³-hybridized carbons (Fsp3) is 0.389. The second-order valence-corrected chi connectivity index (χ2v) is 5.61. The molecule has 1 fully saturated rings. The molecule has 0 saturated carbocycles. The summed E-state index contributed by atoms with van der Waals surface area (Å²) < 4.78 is 0. The Bertz CT molecular complexity index is 650. The van der Waals surface area contributed by atoms with Crippen molar-refractivity contribution < 1.29 is 24.9 Å². The summed E-state index contributed by atoms with van der Waals surface area (Å²) in [6.45, 7) is 1.12. The number of carboxylic acid groups (broad SMARTS) is 2. The first kappa shape index (κ1) is 20.4. The molecule has 1 aliphatic rings. The van der Waals surface area contributed by atoms with Gasteiger partial charge in [-0.25, -0.2) is 9.59 Å². The fourth-order valence-electron chi connectivity index (χ4n) is 2.63. The number of hydrogen-bond donors (Lipinski definition) is 3. The van der Waals surface area contributed by atoms with Crippen molar-refractivity contribution in [2.24, 2.45) is 0 Å². The van der Waals surface area contributed by atoms with Crippen molar-refractivity contribution in [2.75, 3.05) is 13.6 Å². The van der Waals surface area contributed by atoms with E-state index < -0.39 is 18.0 Å². The van der Waals surface area contributed by atoms with E-state index in [1.165, 1.54) is 12.0 Å². The Kier molecular flexibility index (Phi) is 8.33. The largest absolute Gasteiger partial charge is 0.478 e. The average Bonchev–Trinajstić information content (AvgIpc) is 3.00. The molecule has 1 aliphatic heterocycles. The molecule has 3 N–H and O–H groups in total. The Morgan fingerprint density at radius 3 is 2.56 bits per heavy atom. The van der Waals surface area contributed by atoms with Gasteiger partial charge in [-0.2, -0.15) is 0 Å². The molecule has 0 aliphatic carbocycles. The lowest BCUT2D eigenvalue weighted by Crippen LogP contribution is -2.20. The summed E-state index contributed by atoms with van der Waals surface area (Å²) in [6.07, 6.45) is 12.2. The van der Waals surface area contributed by atoms with Crippen LogP contribution in [0.5, 0.6) is 0 Å². The lowest BCUT2D eigenvalue weighted by molar-refractivity contribution is -0.134. The van der Waals surface area contributed by atoms with Gasteiger partial charge in [0.15, 0.2) is 0 Å². The zero-order valence-corrected chi connectivity index (χ0v) is 14.0. The van der Waals surface area contributed by atoms with Crippen LogP contribution in [-0.4, -0.2) is 56.8 Å². The minimum Gasteiger partial charge on any atom is -0.478 e. The molecule has 0 spiro atoms. The molecule has 0 aromatic carbocycles. The molecule has 2 atom stereocenters. The van der Waals surface area contributed by atoms with Crippen LogP contribution in [0.3, 0.4) is 0 Å².